The van der Waals surface area contributed by atoms with Gasteiger partial charge in [0, 0.05) is 18.4 Å². The van der Waals surface area contributed by atoms with Crippen LogP contribution in [0.4, 0.5) is 0 Å². The van der Waals surface area contributed by atoms with Crippen LogP contribution in [0.2, 0.25) is 0 Å². The van der Waals surface area contributed by atoms with Crippen LogP contribution in [-0.4, -0.2) is 21.6 Å². The summed E-state index contributed by atoms with van der Waals surface area (Å²) in [5.74, 6) is 0.972. The number of pyridine rings is 2. The highest BCUT2D eigenvalue weighted by Gasteiger charge is 2.17. The number of methoxy groups -OCH3 is 1. The molecular weight excluding hydrogens is 406 g/mol. The molecule has 0 fully saturated rings. The molecule has 0 saturated carbocycles. The molecule has 4 nitrogen and oxygen atoms in total. The molecular formula is C29H29N3O. The van der Waals surface area contributed by atoms with Crippen LogP contribution in [0.15, 0.2) is 66.9 Å². The Labute approximate surface area is 194 Å². The van der Waals surface area contributed by atoms with E-state index in [4.69, 9.17) is 14.7 Å². The molecule has 0 radical (unpaired) electrons. The Morgan fingerprint density at radius 2 is 1.67 bits per heavy atom. The highest BCUT2D eigenvalue weighted by Crippen LogP contribution is 2.34. The molecule has 0 aliphatic carbocycles. The van der Waals surface area contributed by atoms with Crippen molar-refractivity contribution in [2.75, 3.05) is 7.11 Å². The van der Waals surface area contributed by atoms with Crippen LogP contribution < -0.4 is 4.74 Å². The molecule has 0 atom stereocenters. The van der Waals surface area contributed by atoms with E-state index < -0.39 is 0 Å². The Morgan fingerprint density at radius 1 is 0.879 bits per heavy atom. The molecule has 3 heterocycles. The fourth-order valence-corrected chi connectivity index (χ4v) is 4.52. The zero-order valence-corrected chi connectivity index (χ0v) is 19.9. The Kier molecular flexibility index (Phi) is 5.37. The van der Waals surface area contributed by atoms with Gasteiger partial charge < -0.3 is 9.30 Å². The van der Waals surface area contributed by atoms with Gasteiger partial charge in [-0.2, -0.15) is 0 Å². The van der Waals surface area contributed by atoms with E-state index >= 15 is 0 Å². The van der Waals surface area contributed by atoms with Gasteiger partial charge in [0.25, 0.3) is 0 Å². The van der Waals surface area contributed by atoms with Crippen molar-refractivity contribution in [2.45, 2.75) is 40.2 Å². The Bertz CT molecular complexity index is 1480. The van der Waals surface area contributed by atoms with Crippen LogP contribution in [0, 0.1) is 13.8 Å². The van der Waals surface area contributed by atoms with Crippen molar-refractivity contribution in [2.24, 2.45) is 0 Å². The molecule has 0 N–H and O–H groups in total. The predicted octanol–water partition coefficient (Wildman–Crippen LogP) is 7.05. The van der Waals surface area contributed by atoms with E-state index in [2.05, 4.69) is 99.1 Å². The lowest BCUT2D eigenvalue weighted by Crippen LogP contribution is -2.01. The van der Waals surface area contributed by atoms with Crippen LogP contribution in [0.3, 0.4) is 0 Å². The molecule has 166 valence electrons. The summed E-state index contributed by atoms with van der Waals surface area (Å²) in [6.45, 7) is 9.32. The van der Waals surface area contributed by atoms with Gasteiger partial charge in [-0.25, -0.2) is 9.97 Å². The van der Waals surface area contributed by atoms with Crippen molar-refractivity contribution < 1.29 is 4.74 Å². The average Bonchev–Trinajstić information content (AvgIpc) is 3.11. The molecule has 5 rings (SSSR count). The molecule has 0 unspecified atom stereocenters. The Morgan fingerprint density at radius 3 is 2.42 bits per heavy atom. The molecule has 0 spiro atoms. The van der Waals surface area contributed by atoms with E-state index in [1.807, 2.05) is 0 Å². The average molecular weight is 436 g/mol. The summed E-state index contributed by atoms with van der Waals surface area (Å²) < 4.78 is 7.95. The quantitative estimate of drug-likeness (QED) is 0.297. The zero-order valence-electron chi connectivity index (χ0n) is 19.9. The van der Waals surface area contributed by atoms with Gasteiger partial charge in [-0.15, -0.1) is 0 Å². The lowest BCUT2D eigenvalue weighted by Gasteiger charge is -2.13. The van der Waals surface area contributed by atoms with Gasteiger partial charge >= 0.3 is 0 Å². The summed E-state index contributed by atoms with van der Waals surface area (Å²) in [4.78, 5) is 9.83. The zero-order chi connectivity index (χ0) is 23.1. The van der Waals surface area contributed by atoms with Crippen molar-refractivity contribution >= 4 is 21.8 Å². The van der Waals surface area contributed by atoms with Crippen LogP contribution in [-0.2, 0) is 6.54 Å². The van der Waals surface area contributed by atoms with E-state index in [0.29, 0.717) is 11.8 Å². The van der Waals surface area contributed by atoms with Crippen molar-refractivity contribution in [3.05, 3.63) is 89.2 Å². The first kappa shape index (κ1) is 21.2. The molecule has 0 aliphatic rings. The summed E-state index contributed by atoms with van der Waals surface area (Å²) in [7, 11) is 1.68. The monoisotopic (exact) mass is 435 g/mol. The van der Waals surface area contributed by atoms with Gasteiger partial charge in [0.05, 0.1) is 29.4 Å². The third-order valence-corrected chi connectivity index (χ3v) is 6.31. The summed E-state index contributed by atoms with van der Waals surface area (Å²) in [5.41, 5.74) is 8.60. The first-order valence-electron chi connectivity index (χ1n) is 11.4. The van der Waals surface area contributed by atoms with E-state index in [1.54, 1.807) is 7.11 Å². The van der Waals surface area contributed by atoms with Crippen molar-refractivity contribution in [1.29, 1.82) is 0 Å². The molecule has 0 aliphatic heterocycles. The third kappa shape index (κ3) is 3.86. The first-order valence-corrected chi connectivity index (χ1v) is 11.4. The molecule has 0 saturated heterocycles. The molecule has 5 aromatic rings. The van der Waals surface area contributed by atoms with Crippen LogP contribution >= 0.6 is 0 Å². The maximum absolute atomic E-state index is 5.65. The maximum atomic E-state index is 5.65. The summed E-state index contributed by atoms with van der Waals surface area (Å²) >= 11 is 0. The minimum absolute atomic E-state index is 0.343. The fourth-order valence-electron chi connectivity index (χ4n) is 4.52. The van der Waals surface area contributed by atoms with E-state index in [9.17, 15) is 0 Å². The second kappa shape index (κ2) is 8.36. The SMILES string of the molecule is COc1nc(C(C)C)ccc1-c1nc2c(C)cn(Cc3ccc4ccccc4c3)c2cc1C. The maximum Gasteiger partial charge on any atom is 0.222 e. The second-order valence-corrected chi connectivity index (χ2v) is 9.09. The smallest absolute Gasteiger partial charge is 0.222 e. The number of nitrogens with zero attached hydrogens (tertiary/aromatic N) is 3. The molecule has 0 bridgehead atoms. The van der Waals surface area contributed by atoms with Crippen molar-refractivity contribution in [3.8, 4) is 17.1 Å². The Hall–Kier alpha value is -3.66. The summed E-state index contributed by atoms with van der Waals surface area (Å²) in [6, 6.07) is 21.6. The van der Waals surface area contributed by atoms with Crippen molar-refractivity contribution in [1.82, 2.24) is 14.5 Å². The summed E-state index contributed by atoms with van der Waals surface area (Å²) in [5, 5.41) is 2.53. The number of aryl methyl sites for hydroxylation is 2. The fraction of sp³-hybridized carbons (Fsp3) is 0.241. The van der Waals surface area contributed by atoms with Gasteiger partial charge in [-0.1, -0.05) is 50.2 Å². The number of hydrogen-bond acceptors (Lipinski definition) is 3. The standard InChI is InChI=1S/C29H29N3O/c1-18(2)25-13-12-24(29(30-25)33-5)27-19(3)14-26-28(31-27)20(4)16-32(26)17-21-10-11-22-8-6-7-9-23(22)15-21/h6-16,18H,17H2,1-5H3. The molecule has 2 aromatic carbocycles. The van der Waals surface area contributed by atoms with E-state index in [-0.39, 0.29) is 0 Å². The topological polar surface area (TPSA) is 39.9 Å². The highest BCUT2D eigenvalue weighted by atomic mass is 16.5. The lowest BCUT2D eigenvalue weighted by molar-refractivity contribution is 0.397. The van der Waals surface area contributed by atoms with E-state index in [1.165, 1.54) is 16.3 Å². The van der Waals surface area contributed by atoms with Gasteiger partial charge in [0.1, 0.15) is 0 Å². The highest BCUT2D eigenvalue weighted by molar-refractivity contribution is 5.86. The number of ether oxygens (including phenoxy) is 1. The lowest BCUT2D eigenvalue weighted by atomic mass is 10.0. The largest absolute Gasteiger partial charge is 0.480 e. The minimum Gasteiger partial charge on any atom is -0.480 e. The second-order valence-electron chi connectivity index (χ2n) is 9.09. The van der Waals surface area contributed by atoms with Crippen molar-refractivity contribution in [3.63, 3.8) is 0 Å². The first-order chi connectivity index (χ1) is 15.9. The minimum atomic E-state index is 0.343. The van der Waals surface area contributed by atoms with Gasteiger partial charge in [-0.05, 0) is 71.5 Å². The van der Waals surface area contributed by atoms with Crippen LogP contribution in [0.25, 0.3) is 33.1 Å². The Balaban J connectivity index is 1.57. The molecule has 4 heteroatoms. The van der Waals surface area contributed by atoms with Gasteiger partial charge in [0.15, 0.2) is 0 Å². The summed E-state index contributed by atoms with van der Waals surface area (Å²) in [6.07, 6.45) is 2.20. The number of hydrogen-bond donors (Lipinski definition) is 0. The molecule has 33 heavy (non-hydrogen) atoms. The number of benzene rings is 2. The van der Waals surface area contributed by atoms with E-state index in [0.717, 1.165) is 45.7 Å². The normalized spacial score (nSPS) is 11.6. The van der Waals surface area contributed by atoms with Gasteiger partial charge in [0.2, 0.25) is 5.88 Å². The molecule has 3 aromatic heterocycles. The number of aromatic nitrogens is 3. The third-order valence-electron chi connectivity index (χ3n) is 6.31. The van der Waals surface area contributed by atoms with Crippen LogP contribution in [0.5, 0.6) is 5.88 Å². The van der Waals surface area contributed by atoms with Gasteiger partial charge in [-0.3, -0.25) is 0 Å². The predicted molar refractivity (Wildman–Crippen MR) is 136 cm³/mol. The number of fused-ring (bicyclic) bond motifs is 2. The number of rotatable bonds is 5. The van der Waals surface area contributed by atoms with Crippen LogP contribution in [0.1, 0.15) is 42.1 Å². The molecule has 0 amide bonds.